The highest BCUT2D eigenvalue weighted by Crippen LogP contribution is 2.28. The highest BCUT2D eigenvalue weighted by Gasteiger charge is 2.29. The van der Waals surface area contributed by atoms with Gasteiger partial charge in [0, 0.05) is 31.7 Å². The van der Waals surface area contributed by atoms with Gasteiger partial charge >= 0.3 is 0 Å². The van der Waals surface area contributed by atoms with Crippen molar-refractivity contribution in [2.75, 3.05) is 33.4 Å². The Labute approximate surface area is 191 Å². The predicted molar refractivity (Wildman–Crippen MR) is 128 cm³/mol. The van der Waals surface area contributed by atoms with Gasteiger partial charge in [-0.25, -0.2) is 4.99 Å². The van der Waals surface area contributed by atoms with Crippen LogP contribution < -0.4 is 20.1 Å². The van der Waals surface area contributed by atoms with E-state index < -0.39 is 0 Å². The molecule has 1 aliphatic heterocycles. The van der Waals surface area contributed by atoms with Crippen molar-refractivity contribution in [2.24, 2.45) is 4.99 Å². The monoisotopic (exact) mass is 440 g/mol. The molecule has 0 saturated carbocycles. The standard InChI is InChI=1S/C25H36N4O3/c1-4-26-25(27-16-21-10-11-23(32-13-12-30)24(15-21)31-3)28-22-14-19(2)29(18-22)17-20-8-6-5-7-9-20/h5-11,15,19,22,30H,4,12-14,16-18H2,1-3H3,(H2,26,27,28). The van der Waals surface area contributed by atoms with E-state index in [1.165, 1.54) is 5.56 Å². The van der Waals surface area contributed by atoms with E-state index in [1.54, 1.807) is 7.11 Å². The number of aliphatic hydroxyl groups excluding tert-OH is 1. The predicted octanol–water partition coefficient (Wildman–Crippen LogP) is 2.78. The first-order valence-electron chi connectivity index (χ1n) is 11.4. The second-order valence-electron chi connectivity index (χ2n) is 8.09. The van der Waals surface area contributed by atoms with Gasteiger partial charge in [0.15, 0.2) is 17.5 Å². The van der Waals surface area contributed by atoms with Crippen LogP contribution in [0.1, 0.15) is 31.4 Å². The summed E-state index contributed by atoms with van der Waals surface area (Å²) >= 11 is 0. The second kappa shape index (κ2) is 12.3. The van der Waals surface area contributed by atoms with Crippen LogP contribution in [-0.2, 0) is 13.1 Å². The van der Waals surface area contributed by atoms with Crippen molar-refractivity contribution in [1.29, 1.82) is 0 Å². The smallest absolute Gasteiger partial charge is 0.191 e. The number of nitrogens with one attached hydrogen (secondary N) is 2. The van der Waals surface area contributed by atoms with Crippen LogP contribution in [0.25, 0.3) is 0 Å². The van der Waals surface area contributed by atoms with E-state index in [0.717, 1.165) is 37.6 Å². The van der Waals surface area contributed by atoms with Crippen LogP contribution in [0.2, 0.25) is 0 Å². The van der Waals surface area contributed by atoms with Gasteiger partial charge in [-0.2, -0.15) is 0 Å². The Hall–Kier alpha value is -2.77. The number of aliphatic hydroxyl groups is 1. The van der Waals surface area contributed by atoms with Crippen molar-refractivity contribution in [3.8, 4) is 11.5 Å². The lowest BCUT2D eigenvalue weighted by molar-refractivity contribution is 0.196. The number of benzene rings is 2. The highest BCUT2D eigenvalue weighted by atomic mass is 16.5. The van der Waals surface area contributed by atoms with Crippen LogP contribution in [0.4, 0.5) is 0 Å². The molecule has 32 heavy (non-hydrogen) atoms. The SMILES string of the molecule is CCNC(=NCc1ccc(OCCO)c(OC)c1)NC1CC(C)N(Cc2ccccc2)C1. The average Bonchev–Trinajstić information content (AvgIpc) is 3.15. The van der Waals surface area contributed by atoms with Gasteiger partial charge in [0.1, 0.15) is 6.61 Å². The van der Waals surface area contributed by atoms with Crippen molar-refractivity contribution in [1.82, 2.24) is 15.5 Å². The summed E-state index contributed by atoms with van der Waals surface area (Å²) in [6.07, 6.45) is 1.09. The number of rotatable bonds is 10. The second-order valence-corrected chi connectivity index (χ2v) is 8.09. The molecular formula is C25H36N4O3. The van der Waals surface area contributed by atoms with Crippen LogP contribution in [0.15, 0.2) is 53.5 Å². The molecule has 1 heterocycles. The lowest BCUT2D eigenvalue weighted by Crippen LogP contribution is -2.44. The van der Waals surface area contributed by atoms with Gasteiger partial charge in [-0.05, 0) is 43.5 Å². The Balaban J connectivity index is 1.60. The fourth-order valence-corrected chi connectivity index (χ4v) is 4.01. The van der Waals surface area contributed by atoms with E-state index in [9.17, 15) is 0 Å². The Bertz CT molecular complexity index is 860. The largest absolute Gasteiger partial charge is 0.493 e. The van der Waals surface area contributed by atoms with Crippen molar-refractivity contribution < 1.29 is 14.6 Å². The molecule has 0 spiro atoms. The molecule has 0 aliphatic carbocycles. The number of likely N-dealkylation sites (tertiary alicyclic amines) is 1. The van der Waals surface area contributed by atoms with E-state index in [-0.39, 0.29) is 13.2 Å². The summed E-state index contributed by atoms with van der Waals surface area (Å²) in [5.74, 6) is 2.09. The number of methoxy groups -OCH3 is 1. The first-order valence-corrected chi connectivity index (χ1v) is 11.4. The quantitative estimate of drug-likeness (QED) is 0.390. The molecule has 2 aromatic rings. The number of aliphatic imine (C=N–C) groups is 1. The van der Waals surface area contributed by atoms with Crippen molar-refractivity contribution in [3.63, 3.8) is 0 Å². The van der Waals surface area contributed by atoms with Crippen LogP contribution in [-0.4, -0.2) is 61.5 Å². The van der Waals surface area contributed by atoms with Gasteiger partial charge in [-0.1, -0.05) is 36.4 Å². The van der Waals surface area contributed by atoms with Gasteiger partial charge in [0.05, 0.1) is 20.3 Å². The summed E-state index contributed by atoms with van der Waals surface area (Å²) in [5, 5.41) is 15.9. The molecule has 0 amide bonds. The van der Waals surface area contributed by atoms with E-state index in [2.05, 4.69) is 59.7 Å². The summed E-state index contributed by atoms with van der Waals surface area (Å²) < 4.78 is 10.9. The molecule has 0 bridgehead atoms. The molecule has 7 nitrogen and oxygen atoms in total. The lowest BCUT2D eigenvalue weighted by Gasteiger charge is -2.21. The molecule has 2 atom stereocenters. The third kappa shape index (κ3) is 6.87. The van der Waals surface area contributed by atoms with Crippen molar-refractivity contribution in [3.05, 3.63) is 59.7 Å². The van der Waals surface area contributed by atoms with Crippen molar-refractivity contribution in [2.45, 2.75) is 45.4 Å². The Morgan fingerprint density at radius 2 is 1.97 bits per heavy atom. The summed E-state index contributed by atoms with van der Waals surface area (Å²) in [4.78, 5) is 7.31. The number of nitrogens with zero attached hydrogens (tertiary/aromatic N) is 2. The van der Waals surface area contributed by atoms with Crippen LogP contribution in [0.3, 0.4) is 0 Å². The van der Waals surface area contributed by atoms with Gasteiger partial charge in [-0.15, -0.1) is 0 Å². The topological polar surface area (TPSA) is 78.4 Å². The fourth-order valence-electron chi connectivity index (χ4n) is 4.01. The Morgan fingerprint density at radius 3 is 2.69 bits per heavy atom. The Morgan fingerprint density at radius 1 is 1.16 bits per heavy atom. The first kappa shape index (κ1) is 23.9. The number of guanidine groups is 1. The van der Waals surface area contributed by atoms with E-state index in [0.29, 0.717) is 30.1 Å². The molecule has 1 aliphatic rings. The van der Waals surface area contributed by atoms with Gasteiger partial charge in [0.25, 0.3) is 0 Å². The minimum absolute atomic E-state index is 0.0323. The van der Waals surface area contributed by atoms with Crippen LogP contribution in [0.5, 0.6) is 11.5 Å². The molecular weight excluding hydrogens is 404 g/mol. The van der Waals surface area contributed by atoms with Gasteiger partial charge in [0.2, 0.25) is 0 Å². The number of ether oxygens (including phenoxy) is 2. The van der Waals surface area contributed by atoms with Gasteiger partial charge < -0.3 is 25.2 Å². The molecule has 1 fully saturated rings. The molecule has 2 aromatic carbocycles. The number of hydrogen-bond acceptors (Lipinski definition) is 5. The Kier molecular flexibility index (Phi) is 9.19. The minimum Gasteiger partial charge on any atom is -0.493 e. The zero-order valence-corrected chi connectivity index (χ0v) is 19.4. The molecule has 7 heteroatoms. The molecule has 0 radical (unpaired) electrons. The average molecular weight is 441 g/mol. The zero-order valence-electron chi connectivity index (χ0n) is 19.4. The normalized spacial score (nSPS) is 19.1. The molecule has 1 saturated heterocycles. The maximum atomic E-state index is 8.96. The summed E-state index contributed by atoms with van der Waals surface area (Å²) in [6.45, 7) is 7.87. The fraction of sp³-hybridized carbons (Fsp3) is 0.480. The molecule has 0 aromatic heterocycles. The summed E-state index contributed by atoms with van der Waals surface area (Å²) in [7, 11) is 1.61. The molecule has 3 N–H and O–H groups in total. The highest BCUT2D eigenvalue weighted by molar-refractivity contribution is 5.80. The first-order chi connectivity index (χ1) is 15.6. The van der Waals surface area contributed by atoms with Gasteiger partial charge in [-0.3, -0.25) is 4.90 Å². The summed E-state index contributed by atoms with van der Waals surface area (Å²) in [6, 6.07) is 17.3. The maximum absolute atomic E-state index is 8.96. The molecule has 2 unspecified atom stereocenters. The maximum Gasteiger partial charge on any atom is 0.191 e. The number of hydrogen-bond donors (Lipinski definition) is 3. The summed E-state index contributed by atoms with van der Waals surface area (Å²) in [5.41, 5.74) is 2.38. The van der Waals surface area contributed by atoms with E-state index in [1.807, 2.05) is 18.2 Å². The lowest BCUT2D eigenvalue weighted by atomic mass is 10.2. The third-order valence-electron chi connectivity index (χ3n) is 5.61. The third-order valence-corrected chi connectivity index (χ3v) is 5.61. The van der Waals surface area contributed by atoms with E-state index >= 15 is 0 Å². The van der Waals surface area contributed by atoms with E-state index in [4.69, 9.17) is 19.6 Å². The molecule has 3 rings (SSSR count). The zero-order chi connectivity index (χ0) is 22.8. The van der Waals surface area contributed by atoms with Crippen LogP contribution in [0, 0.1) is 0 Å². The van der Waals surface area contributed by atoms with Crippen molar-refractivity contribution >= 4 is 5.96 Å². The van der Waals surface area contributed by atoms with Crippen LogP contribution >= 0.6 is 0 Å². The minimum atomic E-state index is -0.0323. The molecule has 174 valence electrons.